The molecular weight excluding hydrogens is 526 g/mol. The Balaban J connectivity index is 1.24. The molecule has 0 aliphatic carbocycles. The van der Waals surface area contributed by atoms with E-state index in [0.29, 0.717) is 6.04 Å². The van der Waals surface area contributed by atoms with Crippen LogP contribution in [0.15, 0.2) is 124 Å². The Hall–Kier alpha value is -5.28. The standard InChI is InChI=1S/C40H27NO2/c1-23-20-26-21-27-22-30-31(18-19-34-38(30)37-29(15-8-16-32(37)42-34)25-12-6-3-7-13-25)41(27)39(26)40-35(23)36-28(14-9-17-33(36)43-40)24-10-4-2-5-11-24/h2-20,27H,21-22H2,1H3. The van der Waals surface area contributed by atoms with Gasteiger partial charge in [-0.1, -0.05) is 91.0 Å². The number of hydrogen-bond donors (Lipinski definition) is 0. The quantitative estimate of drug-likeness (QED) is 0.213. The fraction of sp³-hybridized carbons (Fsp3) is 0.100. The Kier molecular flexibility index (Phi) is 4.55. The number of aryl methyl sites for hydroxylation is 1. The van der Waals surface area contributed by atoms with Crippen LogP contribution in [0.5, 0.6) is 0 Å². The van der Waals surface area contributed by atoms with E-state index in [9.17, 15) is 0 Å². The van der Waals surface area contributed by atoms with Crippen LogP contribution in [0.2, 0.25) is 0 Å². The molecule has 1 unspecified atom stereocenters. The topological polar surface area (TPSA) is 29.5 Å². The van der Waals surface area contributed by atoms with Gasteiger partial charge >= 0.3 is 0 Å². The van der Waals surface area contributed by atoms with Gasteiger partial charge < -0.3 is 13.7 Å². The van der Waals surface area contributed by atoms with Crippen molar-refractivity contribution in [3.05, 3.63) is 132 Å². The first kappa shape index (κ1) is 23.3. The first-order valence-corrected chi connectivity index (χ1v) is 15.1. The van der Waals surface area contributed by atoms with Gasteiger partial charge in [0.25, 0.3) is 0 Å². The van der Waals surface area contributed by atoms with Gasteiger partial charge in [-0.05, 0) is 83.0 Å². The predicted molar refractivity (Wildman–Crippen MR) is 176 cm³/mol. The zero-order valence-electron chi connectivity index (χ0n) is 23.7. The van der Waals surface area contributed by atoms with Crippen molar-refractivity contribution in [1.29, 1.82) is 0 Å². The third kappa shape index (κ3) is 3.09. The average molecular weight is 554 g/mol. The van der Waals surface area contributed by atoms with Crippen molar-refractivity contribution in [2.75, 3.05) is 4.90 Å². The largest absolute Gasteiger partial charge is 0.456 e. The molecular formula is C40H27NO2. The highest BCUT2D eigenvalue weighted by Gasteiger charge is 2.41. The maximum absolute atomic E-state index is 6.82. The van der Waals surface area contributed by atoms with E-state index in [0.717, 1.165) is 35.2 Å². The zero-order chi connectivity index (χ0) is 28.2. The van der Waals surface area contributed by atoms with Gasteiger partial charge in [0, 0.05) is 33.3 Å². The lowest BCUT2D eigenvalue weighted by Gasteiger charge is -2.21. The lowest BCUT2D eigenvalue weighted by Crippen LogP contribution is -2.22. The van der Waals surface area contributed by atoms with Crippen molar-refractivity contribution in [3.8, 4) is 22.3 Å². The van der Waals surface area contributed by atoms with E-state index in [-0.39, 0.29) is 0 Å². The van der Waals surface area contributed by atoms with E-state index < -0.39 is 0 Å². The lowest BCUT2D eigenvalue weighted by atomic mass is 9.94. The molecule has 0 amide bonds. The Bertz CT molecular complexity index is 2410. The average Bonchev–Trinajstić information content (AvgIpc) is 3.80. The number of furan rings is 2. The summed E-state index contributed by atoms with van der Waals surface area (Å²) in [5.41, 5.74) is 15.3. The van der Waals surface area contributed by atoms with E-state index >= 15 is 0 Å². The fourth-order valence-electron chi connectivity index (χ4n) is 8.02. The summed E-state index contributed by atoms with van der Waals surface area (Å²) < 4.78 is 13.3. The molecule has 2 aliphatic rings. The molecule has 3 nitrogen and oxygen atoms in total. The van der Waals surface area contributed by atoms with Crippen molar-refractivity contribution in [2.45, 2.75) is 25.8 Å². The smallest absolute Gasteiger partial charge is 0.159 e. The lowest BCUT2D eigenvalue weighted by molar-refractivity contribution is 0.666. The predicted octanol–water partition coefficient (Wildman–Crippen LogP) is 10.7. The first-order chi connectivity index (χ1) is 21.2. The van der Waals surface area contributed by atoms with E-state index in [1.165, 1.54) is 71.9 Å². The van der Waals surface area contributed by atoms with Gasteiger partial charge in [-0.3, -0.25) is 0 Å². The maximum Gasteiger partial charge on any atom is 0.159 e. The third-order valence-electron chi connectivity index (χ3n) is 9.70. The summed E-state index contributed by atoms with van der Waals surface area (Å²) in [6, 6.07) is 41.4. The summed E-state index contributed by atoms with van der Waals surface area (Å²) in [6.45, 7) is 2.24. The van der Waals surface area contributed by atoms with Gasteiger partial charge in [-0.25, -0.2) is 0 Å². The van der Waals surface area contributed by atoms with Gasteiger partial charge in [0.15, 0.2) is 5.58 Å². The van der Waals surface area contributed by atoms with E-state index in [4.69, 9.17) is 8.83 Å². The summed E-state index contributed by atoms with van der Waals surface area (Å²) in [5, 5.41) is 4.90. The minimum Gasteiger partial charge on any atom is -0.456 e. The van der Waals surface area contributed by atoms with Crippen LogP contribution < -0.4 is 4.90 Å². The highest BCUT2D eigenvalue weighted by Crippen LogP contribution is 2.54. The monoisotopic (exact) mass is 553 g/mol. The molecule has 8 aromatic rings. The van der Waals surface area contributed by atoms with E-state index in [1.54, 1.807) is 0 Å². The van der Waals surface area contributed by atoms with Crippen molar-refractivity contribution in [3.63, 3.8) is 0 Å². The highest BCUT2D eigenvalue weighted by molar-refractivity contribution is 6.19. The summed E-state index contributed by atoms with van der Waals surface area (Å²) in [5.74, 6) is 0. The Morgan fingerprint density at radius 1 is 0.581 bits per heavy atom. The van der Waals surface area contributed by atoms with Crippen LogP contribution >= 0.6 is 0 Å². The van der Waals surface area contributed by atoms with Gasteiger partial charge in [0.05, 0.1) is 5.69 Å². The van der Waals surface area contributed by atoms with Crippen LogP contribution in [0.4, 0.5) is 11.4 Å². The normalized spacial score (nSPS) is 15.6. The summed E-state index contributed by atoms with van der Waals surface area (Å²) in [4.78, 5) is 2.57. The van der Waals surface area contributed by atoms with Gasteiger partial charge in [-0.2, -0.15) is 0 Å². The SMILES string of the molecule is Cc1cc2c(c3oc4cccc(-c5ccccc5)c4c13)N1c3ccc4oc5cccc(-c6ccccc6)c5c4c3CC1C2. The van der Waals surface area contributed by atoms with Crippen LogP contribution in [-0.2, 0) is 12.8 Å². The Morgan fingerprint density at radius 3 is 1.91 bits per heavy atom. The first-order valence-electron chi connectivity index (χ1n) is 15.1. The summed E-state index contributed by atoms with van der Waals surface area (Å²) in [7, 11) is 0. The molecule has 0 saturated heterocycles. The molecule has 0 N–H and O–H groups in total. The van der Waals surface area contributed by atoms with Crippen molar-refractivity contribution in [2.24, 2.45) is 0 Å². The molecule has 0 spiro atoms. The van der Waals surface area contributed by atoms with Crippen LogP contribution in [0, 0.1) is 6.92 Å². The molecule has 2 aliphatic heterocycles. The number of nitrogens with zero attached hydrogens (tertiary/aromatic N) is 1. The molecule has 3 heteroatoms. The molecule has 2 aromatic heterocycles. The third-order valence-corrected chi connectivity index (χ3v) is 9.70. The Morgan fingerprint density at radius 2 is 1.21 bits per heavy atom. The molecule has 1 atom stereocenters. The fourth-order valence-corrected chi connectivity index (χ4v) is 8.02. The maximum atomic E-state index is 6.82. The number of fused-ring (bicyclic) bond motifs is 13. The van der Waals surface area contributed by atoms with E-state index in [1.807, 2.05) is 0 Å². The zero-order valence-corrected chi connectivity index (χ0v) is 23.7. The number of anilines is 2. The molecule has 0 saturated carbocycles. The van der Waals surface area contributed by atoms with E-state index in [2.05, 4.69) is 127 Å². The molecule has 0 fully saturated rings. The molecule has 6 aromatic carbocycles. The molecule has 0 radical (unpaired) electrons. The number of rotatable bonds is 2. The second-order valence-electron chi connectivity index (χ2n) is 12.1. The molecule has 10 rings (SSSR count). The second-order valence-corrected chi connectivity index (χ2v) is 12.1. The van der Waals surface area contributed by atoms with Gasteiger partial charge in [0.2, 0.25) is 0 Å². The molecule has 0 bridgehead atoms. The van der Waals surface area contributed by atoms with Crippen molar-refractivity contribution >= 4 is 55.3 Å². The van der Waals surface area contributed by atoms with Gasteiger partial charge in [-0.15, -0.1) is 0 Å². The van der Waals surface area contributed by atoms with Crippen LogP contribution in [-0.4, -0.2) is 6.04 Å². The van der Waals surface area contributed by atoms with Crippen LogP contribution in [0.3, 0.4) is 0 Å². The van der Waals surface area contributed by atoms with Gasteiger partial charge in [0.1, 0.15) is 16.7 Å². The molecule has 43 heavy (non-hydrogen) atoms. The minimum absolute atomic E-state index is 0.358. The summed E-state index contributed by atoms with van der Waals surface area (Å²) >= 11 is 0. The minimum atomic E-state index is 0.358. The molecule has 204 valence electrons. The van der Waals surface area contributed by atoms with Crippen LogP contribution in [0.25, 0.3) is 66.1 Å². The number of hydrogen-bond acceptors (Lipinski definition) is 3. The number of benzene rings is 6. The van der Waals surface area contributed by atoms with Crippen molar-refractivity contribution in [1.82, 2.24) is 0 Å². The molecule has 4 heterocycles. The Labute approximate surface area is 248 Å². The highest BCUT2D eigenvalue weighted by atomic mass is 16.3. The summed E-state index contributed by atoms with van der Waals surface area (Å²) in [6.07, 6.45) is 1.99. The van der Waals surface area contributed by atoms with Crippen molar-refractivity contribution < 1.29 is 8.83 Å². The van der Waals surface area contributed by atoms with Crippen LogP contribution in [0.1, 0.15) is 16.7 Å². The second kappa shape index (κ2) is 8.39.